The lowest BCUT2D eigenvalue weighted by Crippen LogP contribution is -2.45. The monoisotopic (exact) mass is 327 g/mol. The third kappa shape index (κ3) is 4.67. The second-order valence-corrected chi connectivity index (χ2v) is 6.76. The number of hydrogen-bond donors (Lipinski definition) is 0. The molecule has 1 aliphatic heterocycles. The molecule has 1 aliphatic carbocycles. The number of hydrogen-bond acceptors (Lipinski definition) is 6. The van der Waals surface area contributed by atoms with Crippen LogP contribution in [0.4, 0.5) is 4.79 Å². The Kier molecular flexibility index (Phi) is 5.62. The third-order valence-electron chi connectivity index (χ3n) is 4.31. The highest BCUT2D eigenvalue weighted by Gasteiger charge is 2.37. The third-order valence-corrected chi connectivity index (χ3v) is 4.31. The summed E-state index contributed by atoms with van der Waals surface area (Å²) in [7, 11) is 1.54. The topological polar surface area (TPSA) is 82.1 Å². The van der Waals surface area contributed by atoms with Crippen LogP contribution in [-0.4, -0.2) is 55.3 Å². The van der Waals surface area contributed by atoms with E-state index in [0.29, 0.717) is 26.1 Å². The predicted molar refractivity (Wildman–Crippen MR) is 80.6 cm³/mol. The van der Waals surface area contributed by atoms with Crippen LogP contribution in [0.1, 0.15) is 46.0 Å². The molecule has 2 atom stereocenters. The lowest BCUT2D eigenvalue weighted by molar-refractivity contribution is -0.178. The SMILES string of the molecule is CC(OC(=O)CC1(C)COC1)OC(=O)N(C)[C@@H]1CCCCC1=O. The van der Waals surface area contributed by atoms with Gasteiger partial charge in [0, 0.05) is 25.8 Å². The summed E-state index contributed by atoms with van der Waals surface area (Å²) in [4.78, 5) is 37.1. The van der Waals surface area contributed by atoms with Gasteiger partial charge in [-0.2, -0.15) is 0 Å². The van der Waals surface area contributed by atoms with Crippen molar-refractivity contribution in [2.75, 3.05) is 20.3 Å². The first-order chi connectivity index (χ1) is 10.8. The molecule has 130 valence electrons. The zero-order valence-electron chi connectivity index (χ0n) is 14.0. The zero-order valence-corrected chi connectivity index (χ0v) is 14.0. The van der Waals surface area contributed by atoms with Gasteiger partial charge in [0.2, 0.25) is 6.29 Å². The molecule has 23 heavy (non-hydrogen) atoms. The van der Waals surface area contributed by atoms with Crippen molar-refractivity contribution in [3.63, 3.8) is 0 Å². The lowest BCUT2D eigenvalue weighted by atomic mass is 9.85. The summed E-state index contributed by atoms with van der Waals surface area (Å²) in [5.41, 5.74) is -0.188. The molecule has 0 aromatic rings. The number of carbonyl (C=O) groups is 3. The first-order valence-corrected chi connectivity index (χ1v) is 8.04. The van der Waals surface area contributed by atoms with Gasteiger partial charge in [-0.15, -0.1) is 0 Å². The molecule has 0 N–H and O–H groups in total. The molecule has 7 heteroatoms. The predicted octanol–water partition coefficient (Wildman–Crippen LogP) is 1.88. The van der Waals surface area contributed by atoms with Crippen LogP contribution < -0.4 is 0 Å². The lowest BCUT2D eigenvalue weighted by Gasteiger charge is -2.37. The van der Waals surface area contributed by atoms with Crippen LogP contribution in [0.3, 0.4) is 0 Å². The van der Waals surface area contributed by atoms with Crippen molar-refractivity contribution in [2.45, 2.75) is 58.3 Å². The van der Waals surface area contributed by atoms with Gasteiger partial charge < -0.3 is 19.1 Å². The van der Waals surface area contributed by atoms with E-state index < -0.39 is 24.4 Å². The number of ether oxygens (including phenoxy) is 3. The fourth-order valence-electron chi connectivity index (χ4n) is 2.88. The van der Waals surface area contributed by atoms with Crippen LogP contribution in [0.5, 0.6) is 0 Å². The van der Waals surface area contributed by atoms with E-state index in [-0.39, 0.29) is 17.6 Å². The normalized spacial score (nSPS) is 24.3. The Bertz CT molecular complexity index is 473. The summed E-state index contributed by atoms with van der Waals surface area (Å²) < 4.78 is 15.3. The van der Waals surface area contributed by atoms with Crippen LogP contribution in [-0.2, 0) is 23.8 Å². The molecule has 0 radical (unpaired) electrons. The van der Waals surface area contributed by atoms with Crippen molar-refractivity contribution in [2.24, 2.45) is 5.41 Å². The Hall–Kier alpha value is -1.63. The molecule has 7 nitrogen and oxygen atoms in total. The van der Waals surface area contributed by atoms with Gasteiger partial charge in [0.15, 0.2) is 5.78 Å². The van der Waals surface area contributed by atoms with Gasteiger partial charge in [-0.1, -0.05) is 13.3 Å². The van der Waals surface area contributed by atoms with Crippen LogP contribution in [0, 0.1) is 5.41 Å². The minimum atomic E-state index is -0.985. The first kappa shape index (κ1) is 17.7. The highest BCUT2D eigenvalue weighted by atomic mass is 16.7. The Morgan fingerprint density at radius 1 is 1.35 bits per heavy atom. The second kappa shape index (κ2) is 7.29. The standard InChI is InChI=1S/C16H25NO6/c1-11(22-14(19)8-16(2)9-21-10-16)23-15(20)17(3)12-6-4-5-7-13(12)18/h11-12H,4-10H2,1-3H3/t11?,12-/m1/s1. The molecule has 0 spiro atoms. The van der Waals surface area contributed by atoms with Gasteiger partial charge in [-0.05, 0) is 12.8 Å². The summed E-state index contributed by atoms with van der Waals surface area (Å²) >= 11 is 0. The number of esters is 1. The summed E-state index contributed by atoms with van der Waals surface area (Å²) in [6.45, 7) is 4.49. The second-order valence-electron chi connectivity index (χ2n) is 6.76. The van der Waals surface area contributed by atoms with Crippen molar-refractivity contribution >= 4 is 17.8 Å². The first-order valence-electron chi connectivity index (χ1n) is 8.04. The molecule has 1 heterocycles. The quantitative estimate of drug-likeness (QED) is 0.566. The van der Waals surface area contributed by atoms with Crippen LogP contribution in [0.25, 0.3) is 0 Å². The average molecular weight is 327 g/mol. The zero-order chi connectivity index (χ0) is 17.0. The van der Waals surface area contributed by atoms with Crippen molar-refractivity contribution in [3.8, 4) is 0 Å². The number of Topliss-reactive ketones (excluding diaryl/α,β-unsaturated/α-hetero) is 1. The van der Waals surface area contributed by atoms with E-state index in [1.165, 1.54) is 18.9 Å². The minimum absolute atomic E-state index is 0.0539. The molecule has 1 amide bonds. The summed E-state index contributed by atoms with van der Waals surface area (Å²) in [6.07, 6.45) is 1.52. The van der Waals surface area contributed by atoms with Gasteiger partial charge >= 0.3 is 12.1 Å². The van der Waals surface area contributed by atoms with Crippen LogP contribution >= 0.6 is 0 Å². The van der Waals surface area contributed by atoms with E-state index >= 15 is 0 Å². The maximum atomic E-state index is 12.1. The Morgan fingerprint density at radius 2 is 2.04 bits per heavy atom. The Morgan fingerprint density at radius 3 is 2.61 bits per heavy atom. The molecule has 2 fully saturated rings. The van der Waals surface area contributed by atoms with E-state index in [0.717, 1.165) is 12.8 Å². The molecule has 1 saturated heterocycles. The number of nitrogens with zero attached hydrogens (tertiary/aromatic N) is 1. The van der Waals surface area contributed by atoms with E-state index in [2.05, 4.69) is 0 Å². The number of carbonyl (C=O) groups excluding carboxylic acids is 3. The summed E-state index contributed by atoms with van der Waals surface area (Å²) in [5.74, 6) is -0.370. The van der Waals surface area contributed by atoms with Gasteiger partial charge in [0.05, 0.1) is 25.7 Å². The van der Waals surface area contributed by atoms with Crippen molar-refractivity contribution < 1.29 is 28.6 Å². The Balaban J connectivity index is 1.77. The number of amides is 1. The van der Waals surface area contributed by atoms with E-state index in [1.54, 1.807) is 0 Å². The van der Waals surface area contributed by atoms with Crippen LogP contribution in [0.2, 0.25) is 0 Å². The van der Waals surface area contributed by atoms with E-state index in [9.17, 15) is 14.4 Å². The molecule has 1 unspecified atom stereocenters. The highest BCUT2D eigenvalue weighted by Crippen LogP contribution is 2.31. The van der Waals surface area contributed by atoms with E-state index in [4.69, 9.17) is 14.2 Å². The van der Waals surface area contributed by atoms with Gasteiger partial charge in [0.1, 0.15) is 0 Å². The van der Waals surface area contributed by atoms with Gasteiger partial charge in [-0.3, -0.25) is 9.59 Å². The van der Waals surface area contributed by atoms with Crippen LogP contribution in [0.15, 0.2) is 0 Å². The Labute approximate surface area is 136 Å². The van der Waals surface area contributed by atoms with Crippen molar-refractivity contribution in [1.29, 1.82) is 0 Å². The smallest absolute Gasteiger partial charge is 0.413 e. The van der Waals surface area contributed by atoms with Crippen molar-refractivity contribution in [3.05, 3.63) is 0 Å². The number of ketones is 1. The number of rotatable bonds is 5. The molecule has 1 saturated carbocycles. The molecule has 0 bridgehead atoms. The fourth-order valence-corrected chi connectivity index (χ4v) is 2.88. The van der Waals surface area contributed by atoms with Crippen molar-refractivity contribution in [1.82, 2.24) is 4.90 Å². The average Bonchev–Trinajstić information content (AvgIpc) is 2.44. The highest BCUT2D eigenvalue weighted by molar-refractivity contribution is 5.87. The van der Waals surface area contributed by atoms with E-state index in [1.807, 2.05) is 6.92 Å². The van der Waals surface area contributed by atoms with Gasteiger partial charge in [-0.25, -0.2) is 4.79 Å². The molecule has 0 aromatic heterocycles. The summed E-state index contributed by atoms with van der Waals surface area (Å²) in [6, 6.07) is -0.440. The molecular weight excluding hydrogens is 302 g/mol. The maximum Gasteiger partial charge on any atom is 0.413 e. The number of likely N-dealkylation sites (N-methyl/N-ethyl adjacent to an activating group) is 1. The molecule has 2 aliphatic rings. The minimum Gasteiger partial charge on any atom is -0.425 e. The maximum absolute atomic E-state index is 12.1. The van der Waals surface area contributed by atoms with Gasteiger partial charge in [0.25, 0.3) is 0 Å². The largest absolute Gasteiger partial charge is 0.425 e. The molecule has 2 rings (SSSR count). The molecular formula is C16H25NO6. The fraction of sp³-hybridized carbons (Fsp3) is 0.812. The summed E-state index contributed by atoms with van der Waals surface area (Å²) in [5, 5.41) is 0. The molecule has 0 aromatic carbocycles.